The van der Waals surface area contributed by atoms with Gasteiger partial charge in [0.25, 0.3) is 0 Å². The third-order valence-corrected chi connectivity index (χ3v) is 2.73. The van der Waals surface area contributed by atoms with E-state index in [0.717, 1.165) is 17.7 Å². The fourth-order valence-electron chi connectivity index (χ4n) is 1.89. The van der Waals surface area contributed by atoms with Gasteiger partial charge in [0.1, 0.15) is 5.75 Å². The van der Waals surface area contributed by atoms with E-state index in [2.05, 4.69) is 0 Å². The van der Waals surface area contributed by atoms with Gasteiger partial charge in [-0.15, -0.1) is 0 Å². The summed E-state index contributed by atoms with van der Waals surface area (Å²) in [7, 11) is 0. The highest BCUT2D eigenvalue weighted by molar-refractivity contribution is 5.75. The van der Waals surface area contributed by atoms with E-state index in [4.69, 9.17) is 9.84 Å². The topological polar surface area (TPSA) is 46.5 Å². The fourth-order valence-corrected chi connectivity index (χ4v) is 1.89. The second kappa shape index (κ2) is 3.93. The van der Waals surface area contributed by atoms with Crippen LogP contribution in [0.3, 0.4) is 0 Å². The Kier molecular flexibility index (Phi) is 2.62. The summed E-state index contributed by atoms with van der Waals surface area (Å²) in [6, 6.07) is 7.69. The molecule has 3 nitrogen and oxygen atoms in total. The van der Waals surface area contributed by atoms with E-state index >= 15 is 0 Å². The maximum atomic E-state index is 10.8. The Bertz CT molecular complexity index is 373. The van der Waals surface area contributed by atoms with Crippen molar-refractivity contribution >= 4 is 5.97 Å². The van der Waals surface area contributed by atoms with Crippen LogP contribution in [0.15, 0.2) is 24.3 Å². The first-order valence-electron chi connectivity index (χ1n) is 5.18. The van der Waals surface area contributed by atoms with Gasteiger partial charge < -0.3 is 9.84 Å². The smallest absolute Gasteiger partial charge is 0.307 e. The van der Waals surface area contributed by atoms with Crippen LogP contribution in [0.2, 0.25) is 0 Å². The van der Waals surface area contributed by atoms with Crippen LogP contribution < -0.4 is 4.74 Å². The largest absolute Gasteiger partial charge is 0.494 e. The monoisotopic (exact) mass is 206 g/mol. The molecule has 80 valence electrons. The molecule has 2 rings (SSSR count). The normalized spacial score (nSPS) is 23.5. The molecule has 0 saturated heterocycles. The molecule has 0 bridgehead atoms. The highest BCUT2D eigenvalue weighted by atomic mass is 16.5. The van der Waals surface area contributed by atoms with Crippen LogP contribution in [0.1, 0.15) is 24.8 Å². The average molecular weight is 206 g/mol. The Morgan fingerprint density at radius 3 is 2.87 bits per heavy atom. The minimum absolute atomic E-state index is 0.144. The first-order valence-corrected chi connectivity index (χ1v) is 5.18. The third-order valence-electron chi connectivity index (χ3n) is 2.73. The molecule has 1 aromatic carbocycles. The number of ether oxygens (including phenoxy) is 1. The van der Waals surface area contributed by atoms with Gasteiger partial charge in [-0.05, 0) is 25.0 Å². The predicted molar refractivity (Wildman–Crippen MR) is 56.1 cm³/mol. The van der Waals surface area contributed by atoms with Gasteiger partial charge in [-0.1, -0.05) is 18.2 Å². The summed E-state index contributed by atoms with van der Waals surface area (Å²) in [5, 5.41) is 8.86. The maximum absolute atomic E-state index is 10.8. The molecule has 1 aromatic rings. The quantitative estimate of drug-likeness (QED) is 0.822. The van der Waals surface area contributed by atoms with Crippen molar-refractivity contribution in [3.8, 4) is 5.75 Å². The Hall–Kier alpha value is -1.51. The van der Waals surface area contributed by atoms with Crippen LogP contribution >= 0.6 is 0 Å². The van der Waals surface area contributed by atoms with Crippen LogP contribution in [-0.2, 0) is 4.79 Å². The molecule has 1 N–H and O–H groups in total. The van der Waals surface area contributed by atoms with Gasteiger partial charge in [-0.2, -0.15) is 0 Å². The summed E-state index contributed by atoms with van der Waals surface area (Å²) in [5.74, 6) is 0.0527. The second-order valence-corrected chi connectivity index (χ2v) is 3.76. The van der Waals surface area contributed by atoms with E-state index in [1.165, 1.54) is 0 Å². The number of carboxylic acid groups (broad SMARTS) is 1. The summed E-state index contributed by atoms with van der Waals surface area (Å²) in [4.78, 5) is 10.8. The molecule has 1 saturated carbocycles. The standard InChI is InChI=1S/C12H14O3/c1-2-15-11-6-4-3-5-8(11)9-7-10(9)12(13)14/h3-6,9-10H,2,7H2,1H3,(H,13,14). The van der Waals surface area contributed by atoms with E-state index in [1.807, 2.05) is 31.2 Å². The molecule has 15 heavy (non-hydrogen) atoms. The van der Waals surface area contributed by atoms with E-state index < -0.39 is 5.97 Å². The van der Waals surface area contributed by atoms with Gasteiger partial charge in [0.2, 0.25) is 0 Å². The van der Waals surface area contributed by atoms with Crippen LogP contribution in [0, 0.1) is 5.92 Å². The predicted octanol–water partition coefficient (Wildman–Crippen LogP) is 2.27. The number of rotatable bonds is 4. The molecule has 0 spiro atoms. The molecule has 0 aliphatic heterocycles. The van der Waals surface area contributed by atoms with Gasteiger partial charge in [0, 0.05) is 5.92 Å². The van der Waals surface area contributed by atoms with Crippen molar-refractivity contribution in [3.63, 3.8) is 0 Å². The van der Waals surface area contributed by atoms with Gasteiger partial charge >= 0.3 is 5.97 Å². The SMILES string of the molecule is CCOc1ccccc1C1CC1C(=O)O. The summed E-state index contributed by atoms with van der Waals surface area (Å²) in [6.45, 7) is 2.54. The maximum Gasteiger partial charge on any atom is 0.307 e. The number of carbonyl (C=O) groups is 1. The van der Waals surface area contributed by atoms with E-state index in [0.29, 0.717) is 6.61 Å². The molecule has 2 unspecified atom stereocenters. The lowest BCUT2D eigenvalue weighted by Crippen LogP contribution is -2.01. The Labute approximate surface area is 88.7 Å². The van der Waals surface area contributed by atoms with Crippen molar-refractivity contribution in [2.75, 3.05) is 6.61 Å². The molecule has 3 heteroatoms. The number of para-hydroxylation sites is 1. The molecule has 1 aliphatic rings. The van der Waals surface area contributed by atoms with Gasteiger partial charge in [0.15, 0.2) is 0 Å². The van der Waals surface area contributed by atoms with Crippen molar-refractivity contribution in [1.82, 2.24) is 0 Å². The minimum atomic E-state index is -0.702. The minimum Gasteiger partial charge on any atom is -0.494 e. The number of benzene rings is 1. The lowest BCUT2D eigenvalue weighted by molar-refractivity contribution is -0.138. The average Bonchev–Trinajstić information content (AvgIpc) is 2.99. The molecule has 1 fully saturated rings. The Morgan fingerprint density at radius 2 is 2.27 bits per heavy atom. The van der Waals surface area contributed by atoms with E-state index in [-0.39, 0.29) is 11.8 Å². The van der Waals surface area contributed by atoms with Crippen LogP contribution in [-0.4, -0.2) is 17.7 Å². The van der Waals surface area contributed by atoms with Crippen molar-refractivity contribution < 1.29 is 14.6 Å². The Balaban J connectivity index is 2.18. The first kappa shape index (κ1) is 10.0. The molecule has 0 radical (unpaired) electrons. The zero-order valence-corrected chi connectivity index (χ0v) is 8.64. The van der Waals surface area contributed by atoms with Gasteiger partial charge in [0.05, 0.1) is 12.5 Å². The molecule has 0 amide bonds. The lowest BCUT2D eigenvalue weighted by atomic mass is 10.1. The molecule has 2 atom stereocenters. The number of carboxylic acids is 1. The molecule has 1 aliphatic carbocycles. The zero-order valence-electron chi connectivity index (χ0n) is 8.64. The lowest BCUT2D eigenvalue weighted by Gasteiger charge is -2.08. The van der Waals surface area contributed by atoms with E-state index in [9.17, 15) is 4.79 Å². The summed E-state index contributed by atoms with van der Waals surface area (Å²) >= 11 is 0. The molecule has 0 heterocycles. The zero-order chi connectivity index (χ0) is 10.8. The number of hydrogen-bond donors (Lipinski definition) is 1. The highest BCUT2D eigenvalue weighted by Gasteiger charge is 2.45. The van der Waals surface area contributed by atoms with Crippen LogP contribution in [0.4, 0.5) is 0 Å². The number of aliphatic carboxylic acids is 1. The van der Waals surface area contributed by atoms with Gasteiger partial charge in [-0.25, -0.2) is 0 Å². The van der Waals surface area contributed by atoms with Crippen LogP contribution in [0.25, 0.3) is 0 Å². The van der Waals surface area contributed by atoms with Gasteiger partial charge in [-0.3, -0.25) is 4.79 Å². The van der Waals surface area contributed by atoms with Crippen LogP contribution in [0.5, 0.6) is 5.75 Å². The third kappa shape index (κ3) is 1.96. The van der Waals surface area contributed by atoms with Crippen molar-refractivity contribution in [3.05, 3.63) is 29.8 Å². The summed E-state index contributed by atoms with van der Waals surface area (Å²) in [6.07, 6.45) is 0.736. The highest BCUT2D eigenvalue weighted by Crippen LogP contribution is 2.50. The molecule has 0 aromatic heterocycles. The Morgan fingerprint density at radius 1 is 1.53 bits per heavy atom. The number of hydrogen-bond acceptors (Lipinski definition) is 2. The van der Waals surface area contributed by atoms with Crippen molar-refractivity contribution in [1.29, 1.82) is 0 Å². The van der Waals surface area contributed by atoms with Crippen molar-refractivity contribution in [2.45, 2.75) is 19.3 Å². The van der Waals surface area contributed by atoms with Crippen molar-refractivity contribution in [2.24, 2.45) is 5.92 Å². The van der Waals surface area contributed by atoms with E-state index in [1.54, 1.807) is 0 Å². The molecular formula is C12H14O3. The summed E-state index contributed by atoms with van der Waals surface area (Å²) in [5.41, 5.74) is 1.03. The first-order chi connectivity index (χ1) is 7.24. The fraction of sp³-hybridized carbons (Fsp3) is 0.417. The second-order valence-electron chi connectivity index (χ2n) is 3.76. The molecular weight excluding hydrogens is 192 g/mol. The summed E-state index contributed by atoms with van der Waals surface area (Å²) < 4.78 is 5.47.